The van der Waals surface area contributed by atoms with Gasteiger partial charge in [0.1, 0.15) is 11.2 Å². The van der Waals surface area contributed by atoms with Gasteiger partial charge >= 0.3 is 0 Å². The van der Waals surface area contributed by atoms with E-state index in [2.05, 4.69) is 181 Å². The summed E-state index contributed by atoms with van der Waals surface area (Å²) in [5.74, 6) is 0. The Bertz CT molecular complexity index is 3210. The molecular formula is C51H32N2O. The molecule has 0 aliphatic carbocycles. The van der Waals surface area contributed by atoms with Gasteiger partial charge in [-0.1, -0.05) is 133 Å². The molecule has 0 radical (unpaired) electrons. The van der Waals surface area contributed by atoms with Crippen molar-refractivity contribution in [1.82, 2.24) is 4.98 Å². The van der Waals surface area contributed by atoms with Crippen molar-refractivity contribution < 1.29 is 4.42 Å². The lowest BCUT2D eigenvalue weighted by molar-refractivity contribution is 0.669. The van der Waals surface area contributed by atoms with Crippen LogP contribution >= 0.6 is 0 Å². The minimum absolute atomic E-state index is 0.849. The van der Waals surface area contributed by atoms with Crippen molar-refractivity contribution in [2.75, 3.05) is 4.90 Å². The van der Waals surface area contributed by atoms with E-state index in [1.54, 1.807) is 0 Å². The third-order valence-corrected chi connectivity index (χ3v) is 10.9. The summed E-state index contributed by atoms with van der Waals surface area (Å²) in [6.45, 7) is 0. The topological polar surface area (TPSA) is 29.3 Å². The number of benzene rings is 9. The second-order valence-electron chi connectivity index (χ2n) is 14.0. The molecule has 0 spiro atoms. The quantitative estimate of drug-likeness (QED) is 0.169. The smallest absolute Gasteiger partial charge is 0.137 e. The molecule has 0 fully saturated rings. The average molecular weight is 689 g/mol. The summed E-state index contributed by atoms with van der Waals surface area (Å²) >= 11 is 0. The molecule has 252 valence electrons. The summed E-state index contributed by atoms with van der Waals surface area (Å²) in [4.78, 5) is 7.30. The monoisotopic (exact) mass is 688 g/mol. The molecule has 11 rings (SSSR count). The highest BCUT2D eigenvalue weighted by Gasteiger charge is 2.17. The largest absolute Gasteiger partial charge is 0.456 e. The van der Waals surface area contributed by atoms with Gasteiger partial charge in [0.15, 0.2) is 0 Å². The zero-order chi connectivity index (χ0) is 35.6. The lowest BCUT2D eigenvalue weighted by atomic mass is 9.93. The normalized spacial score (nSPS) is 11.7. The summed E-state index contributed by atoms with van der Waals surface area (Å²) in [6.07, 6.45) is 1.97. The van der Waals surface area contributed by atoms with Crippen LogP contribution in [0.1, 0.15) is 0 Å². The fourth-order valence-electron chi connectivity index (χ4n) is 8.26. The Morgan fingerprint density at radius 1 is 0.352 bits per heavy atom. The van der Waals surface area contributed by atoms with Crippen LogP contribution in [0.2, 0.25) is 0 Å². The van der Waals surface area contributed by atoms with Crippen LogP contribution in [0.15, 0.2) is 199 Å². The Labute approximate surface area is 312 Å². The highest BCUT2D eigenvalue weighted by atomic mass is 16.3. The molecule has 0 N–H and O–H groups in total. The van der Waals surface area contributed by atoms with Crippen molar-refractivity contribution >= 4 is 82.2 Å². The summed E-state index contributed by atoms with van der Waals surface area (Å²) < 4.78 is 6.20. The first-order chi connectivity index (χ1) is 26.7. The Morgan fingerprint density at radius 3 is 1.74 bits per heavy atom. The molecule has 3 nitrogen and oxygen atoms in total. The minimum Gasteiger partial charge on any atom is -0.456 e. The Kier molecular flexibility index (Phi) is 6.86. The van der Waals surface area contributed by atoms with Crippen molar-refractivity contribution in [3.8, 4) is 22.3 Å². The molecule has 0 saturated carbocycles. The molecule has 0 atom stereocenters. The number of pyridine rings is 1. The van der Waals surface area contributed by atoms with Gasteiger partial charge in [0.05, 0.1) is 17.4 Å². The van der Waals surface area contributed by atoms with E-state index in [1.165, 1.54) is 54.6 Å². The summed E-state index contributed by atoms with van der Waals surface area (Å²) in [5.41, 5.74) is 10.5. The maximum atomic E-state index is 6.20. The average Bonchev–Trinajstić information content (AvgIpc) is 3.60. The lowest BCUT2D eigenvalue weighted by Crippen LogP contribution is -2.10. The first-order valence-electron chi connectivity index (χ1n) is 18.4. The lowest BCUT2D eigenvalue weighted by Gasteiger charge is -2.26. The standard InChI is InChI=1S/C51H32N2O/c1-3-13-41-33(10-1)12-9-18-42(41)34-20-24-38(25-21-34)53(40-28-37-30-48-46-17-7-8-19-50(46)54-51(48)31-49(37)52-32-40)39-26-22-35(23-27-39)47-29-36-11-2-4-14-43(36)44-15-5-6-16-45(44)47/h1-32H. The summed E-state index contributed by atoms with van der Waals surface area (Å²) in [5, 5.41) is 10.8. The molecule has 0 unspecified atom stereocenters. The molecule has 3 heteroatoms. The first kappa shape index (κ1) is 30.4. The minimum atomic E-state index is 0.849. The maximum absolute atomic E-state index is 6.20. The number of aromatic nitrogens is 1. The predicted molar refractivity (Wildman–Crippen MR) is 227 cm³/mol. The number of furan rings is 1. The third-order valence-electron chi connectivity index (χ3n) is 10.9. The van der Waals surface area contributed by atoms with Crippen LogP contribution in [0.5, 0.6) is 0 Å². The van der Waals surface area contributed by atoms with Crippen LogP contribution in [0.3, 0.4) is 0 Å². The second kappa shape index (κ2) is 12.2. The number of fused-ring (bicyclic) bond motifs is 8. The molecule has 2 heterocycles. The van der Waals surface area contributed by atoms with E-state index in [9.17, 15) is 0 Å². The van der Waals surface area contributed by atoms with Crippen LogP contribution in [0, 0.1) is 0 Å². The van der Waals surface area contributed by atoms with Crippen molar-refractivity contribution in [1.29, 1.82) is 0 Å². The number of nitrogens with zero attached hydrogens (tertiary/aromatic N) is 2. The van der Waals surface area contributed by atoms with Gasteiger partial charge in [-0.15, -0.1) is 0 Å². The van der Waals surface area contributed by atoms with Gasteiger partial charge in [-0.3, -0.25) is 4.98 Å². The molecule has 11 aromatic rings. The van der Waals surface area contributed by atoms with Crippen LogP contribution in [-0.2, 0) is 0 Å². The third kappa shape index (κ3) is 4.94. The highest BCUT2D eigenvalue weighted by Crippen LogP contribution is 2.41. The highest BCUT2D eigenvalue weighted by molar-refractivity contribution is 6.14. The van der Waals surface area contributed by atoms with Gasteiger partial charge in [0.2, 0.25) is 0 Å². The fraction of sp³-hybridized carbons (Fsp3) is 0. The van der Waals surface area contributed by atoms with Crippen LogP contribution in [-0.4, -0.2) is 4.98 Å². The second-order valence-corrected chi connectivity index (χ2v) is 14.0. The fourth-order valence-corrected chi connectivity index (χ4v) is 8.26. The van der Waals surface area contributed by atoms with E-state index in [-0.39, 0.29) is 0 Å². The molecule has 0 amide bonds. The van der Waals surface area contributed by atoms with Gasteiger partial charge in [-0.05, 0) is 103 Å². The number of para-hydroxylation sites is 1. The molecule has 0 aliphatic heterocycles. The Morgan fingerprint density at radius 2 is 0.963 bits per heavy atom. The van der Waals surface area contributed by atoms with Crippen LogP contribution < -0.4 is 4.90 Å². The van der Waals surface area contributed by atoms with Crippen LogP contribution in [0.4, 0.5) is 17.1 Å². The number of anilines is 3. The van der Waals surface area contributed by atoms with Crippen molar-refractivity contribution in [2.45, 2.75) is 0 Å². The molecule has 54 heavy (non-hydrogen) atoms. The molecule has 0 bridgehead atoms. The number of hydrogen-bond acceptors (Lipinski definition) is 3. The van der Waals surface area contributed by atoms with E-state index >= 15 is 0 Å². The summed E-state index contributed by atoms with van der Waals surface area (Å²) in [6, 6.07) is 67.4. The van der Waals surface area contributed by atoms with Gasteiger partial charge in [-0.25, -0.2) is 0 Å². The predicted octanol–water partition coefficient (Wildman–Crippen LogP) is 14.4. The number of hydrogen-bond donors (Lipinski definition) is 0. The Hall–Kier alpha value is -7.23. The van der Waals surface area contributed by atoms with E-state index < -0.39 is 0 Å². The van der Waals surface area contributed by atoms with E-state index in [0.717, 1.165) is 49.9 Å². The SMILES string of the molecule is c1ccc2c(-c3ccc(N(c4ccc(-c5cc6ccccc6c6ccccc56)cc4)c4cnc5cc6oc7ccccc7c6cc5c4)cc3)cccc2c1. The van der Waals surface area contributed by atoms with Crippen molar-refractivity contribution in [2.24, 2.45) is 0 Å². The van der Waals surface area contributed by atoms with Crippen LogP contribution in [0.25, 0.3) is 87.4 Å². The zero-order valence-electron chi connectivity index (χ0n) is 29.3. The van der Waals surface area contributed by atoms with Crippen molar-refractivity contribution in [3.63, 3.8) is 0 Å². The van der Waals surface area contributed by atoms with Gasteiger partial charge in [0, 0.05) is 33.6 Å². The van der Waals surface area contributed by atoms with E-state index in [0.29, 0.717) is 0 Å². The molecule has 0 aliphatic rings. The van der Waals surface area contributed by atoms with E-state index in [4.69, 9.17) is 9.40 Å². The van der Waals surface area contributed by atoms with E-state index in [1.807, 2.05) is 18.3 Å². The number of rotatable bonds is 5. The maximum Gasteiger partial charge on any atom is 0.137 e. The van der Waals surface area contributed by atoms with Crippen molar-refractivity contribution in [3.05, 3.63) is 194 Å². The van der Waals surface area contributed by atoms with Gasteiger partial charge in [0.25, 0.3) is 0 Å². The zero-order valence-corrected chi connectivity index (χ0v) is 29.3. The molecule has 2 aromatic heterocycles. The molecule has 9 aromatic carbocycles. The summed E-state index contributed by atoms with van der Waals surface area (Å²) in [7, 11) is 0. The molecular weight excluding hydrogens is 657 g/mol. The molecule has 0 saturated heterocycles. The van der Waals surface area contributed by atoms with Gasteiger partial charge in [-0.2, -0.15) is 0 Å². The first-order valence-corrected chi connectivity index (χ1v) is 18.4. The van der Waals surface area contributed by atoms with Gasteiger partial charge < -0.3 is 9.32 Å². The Balaban J connectivity index is 1.06.